The fourth-order valence-corrected chi connectivity index (χ4v) is 3.10. The quantitative estimate of drug-likeness (QED) is 0.777. The second-order valence-electron chi connectivity index (χ2n) is 7.70. The van der Waals surface area contributed by atoms with Gasteiger partial charge in [-0.05, 0) is 70.0 Å². The molecule has 0 fully saturated rings. The third kappa shape index (κ3) is 3.43. The number of amides is 4. The van der Waals surface area contributed by atoms with E-state index in [-0.39, 0.29) is 11.8 Å². The number of fused-ring (bicyclic) bond motifs is 1. The van der Waals surface area contributed by atoms with E-state index >= 15 is 0 Å². The van der Waals surface area contributed by atoms with E-state index in [4.69, 9.17) is 0 Å². The molecule has 0 aliphatic carbocycles. The Bertz CT molecular complexity index is 958. The smallest absolute Gasteiger partial charge is 0.308 e. The minimum atomic E-state index is -0.610. The molecule has 2 aromatic rings. The second kappa shape index (κ2) is 6.54. The molecular weight excluding hydrogens is 342 g/mol. The van der Waals surface area contributed by atoms with E-state index in [0.29, 0.717) is 16.8 Å². The van der Waals surface area contributed by atoms with Crippen molar-refractivity contribution in [1.29, 1.82) is 0 Å². The third-order valence-electron chi connectivity index (χ3n) is 4.67. The summed E-state index contributed by atoms with van der Waals surface area (Å²) in [6.45, 7) is 9.34. The standard InChI is InChI=1S/C21H23N3O3/c1-12-7-6-8-17(13(12)2)23-20(27)22-14-9-10-15-16(11-14)19(26)24(18(15)25)21(3,4)5/h6-11H,1-5H3,(H2,22,23,27). The lowest BCUT2D eigenvalue weighted by Crippen LogP contribution is -2.45. The summed E-state index contributed by atoms with van der Waals surface area (Å²) in [5.74, 6) is -0.657. The first kappa shape index (κ1) is 18.6. The highest BCUT2D eigenvalue weighted by Gasteiger charge is 2.41. The maximum absolute atomic E-state index is 12.6. The fraction of sp³-hybridized carbons (Fsp3) is 0.286. The van der Waals surface area contributed by atoms with Crippen molar-refractivity contribution < 1.29 is 14.4 Å². The van der Waals surface area contributed by atoms with Crippen LogP contribution in [0.1, 0.15) is 52.6 Å². The first-order chi connectivity index (χ1) is 12.6. The lowest BCUT2D eigenvalue weighted by molar-refractivity contribution is 0.0507. The van der Waals surface area contributed by atoms with Gasteiger partial charge in [-0.1, -0.05) is 12.1 Å². The number of aryl methyl sites for hydroxylation is 1. The molecule has 140 valence electrons. The number of anilines is 2. The second-order valence-corrected chi connectivity index (χ2v) is 7.70. The fourth-order valence-electron chi connectivity index (χ4n) is 3.10. The molecule has 27 heavy (non-hydrogen) atoms. The van der Waals surface area contributed by atoms with Crippen LogP contribution in [0, 0.1) is 13.8 Å². The van der Waals surface area contributed by atoms with Gasteiger partial charge in [0.15, 0.2) is 0 Å². The number of imide groups is 1. The Balaban J connectivity index is 1.80. The molecule has 6 nitrogen and oxygen atoms in total. The molecule has 2 aromatic carbocycles. The molecule has 0 saturated heterocycles. The van der Waals surface area contributed by atoms with Crippen LogP contribution < -0.4 is 10.6 Å². The molecule has 0 atom stereocenters. The van der Waals surface area contributed by atoms with Crippen molar-refractivity contribution in [1.82, 2.24) is 4.90 Å². The summed E-state index contributed by atoms with van der Waals surface area (Å²) in [5.41, 5.74) is 3.29. The van der Waals surface area contributed by atoms with Crippen molar-refractivity contribution in [2.45, 2.75) is 40.2 Å². The first-order valence-electron chi connectivity index (χ1n) is 8.77. The van der Waals surface area contributed by atoms with Crippen molar-refractivity contribution in [2.75, 3.05) is 10.6 Å². The molecule has 0 radical (unpaired) electrons. The Kier molecular flexibility index (Phi) is 4.51. The van der Waals surface area contributed by atoms with Crippen LogP contribution in [-0.2, 0) is 0 Å². The van der Waals surface area contributed by atoms with Gasteiger partial charge in [0.2, 0.25) is 0 Å². The summed E-state index contributed by atoms with van der Waals surface area (Å²) in [5, 5.41) is 5.53. The van der Waals surface area contributed by atoms with Crippen LogP contribution in [0.25, 0.3) is 0 Å². The van der Waals surface area contributed by atoms with Gasteiger partial charge in [0.1, 0.15) is 0 Å². The molecule has 2 N–H and O–H groups in total. The van der Waals surface area contributed by atoms with Gasteiger partial charge < -0.3 is 10.6 Å². The van der Waals surface area contributed by atoms with Crippen LogP contribution in [-0.4, -0.2) is 28.3 Å². The van der Waals surface area contributed by atoms with Crippen LogP contribution in [0.15, 0.2) is 36.4 Å². The predicted molar refractivity (Wildman–Crippen MR) is 105 cm³/mol. The monoisotopic (exact) mass is 365 g/mol. The zero-order valence-electron chi connectivity index (χ0n) is 16.1. The molecule has 0 spiro atoms. The topological polar surface area (TPSA) is 78.5 Å². The predicted octanol–water partition coefficient (Wildman–Crippen LogP) is 4.34. The summed E-state index contributed by atoms with van der Waals surface area (Å²) < 4.78 is 0. The largest absolute Gasteiger partial charge is 0.323 e. The van der Waals surface area contributed by atoms with Gasteiger partial charge in [-0.3, -0.25) is 14.5 Å². The normalized spacial score (nSPS) is 13.6. The van der Waals surface area contributed by atoms with Crippen LogP contribution in [0.2, 0.25) is 0 Å². The number of benzene rings is 2. The zero-order valence-corrected chi connectivity index (χ0v) is 16.1. The minimum absolute atomic E-state index is 0.305. The van der Waals surface area contributed by atoms with Gasteiger partial charge >= 0.3 is 6.03 Å². The Morgan fingerprint density at radius 2 is 1.59 bits per heavy atom. The van der Waals surface area contributed by atoms with E-state index in [0.717, 1.165) is 16.8 Å². The van der Waals surface area contributed by atoms with Crippen molar-refractivity contribution in [3.63, 3.8) is 0 Å². The van der Waals surface area contributed by atoms with Crippen LogP contribution in [0.3, 0.4) is 0 Å². The number of rotatable bonds is 2. The summed E-state index contributed by atoms with van der Waals surface area (Å²) in [7, 11) is 0. The Morgan fingerprint density at radius 3 is 2.26 bits per heavy atom. The summed E-state index contributed by atoms with van der Waals surface area (Å²) >= 11 is 0. The van der Waals surface area contributed by atoms with Crippen molar-refractivity contribution in [3.8, 4) is 0 Å². The Hall–Kier alpha value is -3.15. The van der Waals surface area contributed by atoms with E-state index in [2.05, 4.69) is 10.6 Å². The first-order valence-corrected chi connectivity index (χ1v) is 8.77. The average Bonchev–Trinajstić information content (AvgIpc) is 2.82. The van der Waals surface area contributed by atoms with Crippen LogP contribution >= 0.6 is 0 Å². The van der Waals surface area contributed by atoms with E-state index < -0.39 is 11.6 Å². The summed E-state index contributed by atoms with van der Waals surface area (Å²) in [6, 6.07) is 10.0. The highest BCUT2D eigenvalue weighted by Crippen LogP contribution is 2.31. The molecule has 3 rings (SSSR count). The number of nitrogens with zero attached hydrogens (tertiary/aromatic N) is 1. The van der Waals surface area contributed by atoms with Gasteiger partial charge in [0, 0.05) is 16.9 Å². The molecule has 1 heterocycles. The number of carbonyl (C=O) groups is 3. The van der Waals surface area contributed by atoms with Gasteiger partial charge in [-0.25, -0.2) is 4.79 Å². The third-order valence-corrected chi connectivity index (χ3v) is 4.67. The highest BCUT2D eigenvalue weighted by atomic mass is 16.2. The van der Waals surface area contributed by atoms with Gasteiger partial charge in [0.05, 0.1) is 11.1 Å². The summed E-state index contributed by atoms with van der Waals surface area (Å²) in [4.78, 5) is 38.7. The van der Waals surface area contributed by atoms with Crippen LogP contribution in [0.4, 0.5) is 16.2 Å². The Labute approximate surface area is 158 Å². The maximum atomic E-state index is 12.6. The average molecular weight is 365 g/mol. The summed E-state index contributed by atoms with van der Waals surface area (Å²) in [6.07, 6.45) is 0. The zero-order chi connectivity index (χ0) is 19.9. The molecule has 4 amide bonds. The molecule has 0 bridgehead atoms. The minimum Gasteiger partial charge on any atom is -0.308 e. The SMILES string of the molecule is Cc1cccc(NC(=O)Nc2ccc3c(c2)C(=O)N(C(C)(C)C)C3=O)c1C. The molecule has 0 unspecified atom stereocenters. The molecule has 6 heteroatoms. The number of carbonyl (C=O) groups excluding carboxylic acids is 3. The molecule has 0 aromatic heterocycles. The van der Waals surface area contributed by atoms with E-state index in [1.807, 2.05) is 52.8 Å². The number of urea groups is 1. The maximum Gasteiger partial charge on any atom is 0.323 e. The number of hydrogen-bond donors (Lipinski definition) is 2. The number of hydrogen-bond acceptors (Lipinski definition) is 3. The molecule has 0 saturated carbocycles. The van der Waals surface area contributed by atoms with Gasteiger partial charge in [-0.15, -0.1) is 0 Å². The highest BCUT2D eigenvalue weighted by molar-refractivity contribution is 6.22. The van der Waals surface area contributed by atoms with Crippen molar-refractivity contribution >= 4 is 29.2 Å². The lowest BCUT2D eigenvalue weighted by atomic mass is 10.1. The van der Waals surface area contributed by atoms with E-state index in [1.54, 1.807) is 18.2 Å². The molecule has 1 aliphatic heterocycles. The van der Waals surface area contributed by atoms with Gasteiger partial charge in [0.25, 0.3) is 11.8 Å². The molecular formula is C21H23N3O3. The van der Waals surface area contributed by atoms with E-state index in [1.165, 1.54) is 4.90 Å². The Morgan fingerprint density at radius 1 is 0.926 bits per heavy atom. The number of nitrogens with one attached hydrogen (secondary N) is 2. The van der Waals surface area contributed by atoms with E-state index in [9.17, 15) is 14.4 Å². The van der Waals surface area contributed by atoms with Crippen molar-refractivity contribution in [2.24, 2.45) is 0 Å². The van der Waals surface area contributed by atoms with Gasteiger partial charge in [-0.2, -0.15) is 0 Å². The van der Waals surface area contributed by atoms with Crippen LogP contribution in [0.5, 0.6) is 0 Å². The van der Waals surface area contributed by atoms with Crippen molar-refractivity contribution in [3.05, 3.63) is 58.7 Å². The molecule has 1 aliphatic rings. The lowest BCUT2D eigenvalue weighted by Gasteiger charge is -2.29.